The molecule has 0 saturated heterocycles. The molecule has 0 radical (unpaired) electrons. The van der Waals surface area contributed by atoms with Crippen molar-refractivity contribution >= 4 is 6.09 Å². The Bertz CT molecular complexity index is 683. The largest absolute Gasteiger partial charge is 0.445 e. The van der Waals surface area contributed by atoms with E-state index in [4.69, 9.17) is 4.74 Å². The summed E-state index contributed by atoms with van der Waals surface area (Å²) >= 11 is 0. The van der Waals surface area contributed by atoms with Gasteiger partial charge in [-0.25, -0.2) is 4.79 Å². The lowest BCUT2D eigenvalue weighted by Gasteiger charge is -2.21. The summed E-state index contributed by atoms with van der Waals surface area (Å²) in [5.41, 5.74) is 7.71. The molecule has 1 aliphatic rings. The molecule has 3 rings (SSSR count). The molecule has 0 unspecified atom stereocenters. The van der Waals surface area contributed by atoms with E-state index in [1.165, 1.54) is 28.1 Å². The van der Waals surface area contributed by atoms with Gasteiger partial charge in [0.2, 0.25) is 0 Å². The van der Waals surface area contributed by atoms with Crippen LogP contribution < -0.4 is 5.32 Å². The number of carbonyl (C=O) groups excluding carboxylic acids is 1. The number of hydrogen-bond acceptors (Lipinski definition) is 2. The Balaban J connectivity index is 1.80. The molecule has 0 fully saturated rings. The minimum Gasteiger partial charge on any atom is -0.445 e. The van der Waals surface area contributed by atoms with Crippen LogP contribution in [-0.4, -0.2) is 17.2 Å². The maximum absolute atomic E-state index is 11.7. The van der Waals surface area contributed by atoms with Crippen LogP contribution in [0.3, 0.4) is 0 Å². The quantitative estimate of drug-likeness (QED) is 0.798. The predicted octanol–water partition coefficient (Wildman–Crippen LogP) is 3.69. The summed E-state index contributed by atoms with van der Waals surface area (Å²) in [5, 5.41) is 2.75. The van der Waals surface area contributed by atoms with Crippen molar-refractivity contribution < 1.29 is 9.53 Å². The molecule has 23 heavy (non-hydrogen) atoms. The highest BCUT2D eigenvalue weighted by atomic mass is 16.5. The van der Waals surface area contributed by atoms with Gasteiger partial charge in [-0.1, -0.05) is 31.2 Å². The van der Waals surface area contributed by atoms with Crippen LogP contribution in [0, 0.1) is 13.8 Å². The molecule has 0 spiro atoms. The second-order valence-corrected chi connectivity index (χ2v) is 6.17. The van der Waals surface area contributed by atoms with Crippen LogP contribution in [-0.2, 0) is 24.3 Å². The lowest BCUT2D eigenvalue weighted by atomic mass is 9.97. The SMILES string of the molecule is CCCNC(=O)OCc1c(C)c2n(c1C)Cc1ccccc1C2. The highest BCUT2D eigenvalue weighted by molar-refractivity contribution is 5.67. The number of nitrogens with zero attached hydrogens (tertiary/aromatic N) is 1. The molecular weight excluding hydrogens is 288 g/mol. The molecule has 1 aliphatic heterocycles. The van der Waals surface area contributed by atoms with E-state index >= 15 is 0 Å². The van der Waals surface area contributed by atoms with E-state index in [9.17, 15) is 4.79 Å². The molecule has 0 bridgehead atoms. The highest BCUT2D eigenvalue weighted by Gasteiger charge is 2.23. The maximum Gasteiger partial charge on any atom is 0.407 e. The fourth-order valence-electron chi connectivity index (χ4n) is 3.32. The van der Waals surface area contributed by atoms with Crippen molar-refractivity contribution in [2.75, 3.05) is 6.54 Å². The molecule has 4 nitrogen and oxygen atoms in total. The van der Waals surface area contributed by atoms with Gasteiger partial charge >= 0.3 is 6.09 Å². The van der Waals surface area contributed by atoms with E-state index in [1.54, 1.807) is 0 Å². The number of amides is 1. The Morgan fingerprint density at radius 3 is 2.74 bits per heavy atom. The van der Waals surface area contributed by atoms with Crippen LogP contribution in [0.15, 0.2) is 24.3 Å². The second-order valence-electron chi connectivity index (χ2n) is 6.17. The molecule has 0 aliphatic carbocycles. The summed E-state index contributed by atoms with van der Waals surface area (Å²) in [4.78, 5) is 11.7. The van der Waals surface area contributed by atoms with Gasteiger partial charge in [0, 0.05) is 36.5 Å². The fraction of sp³-hybridized carbons (Fsp3) is 0.421. The number of hydrogen-bond donors (Lipinski definition) is 1. The highest BCUT2D eigenvalue weighted by Crippen LogP contribution is 2.31. The lowest BCUT2D eigenvalue weighted by molar-refractivity contribution is 0.139. The van der Waals surface area contributed by atoms with Crippen LogP contribution in [0.5, 0.6) is 0 Å². The number of carbonyl (C=O) groups is 1. The average Bonchev–Trinajstić information content (AvgIpc) is 2.80. The van der Waals surface area contributed by atoms with Crippen LogP contribution in [0.4, 0.5) is 4.79 Å². The van der Waals surface area contributed by atoms with Crippen molar-refractivity contribution in [3.05, 3.63) is 57.9 Å². The van der Waals surface area contributed by atoms with E-state index in [1.807, 2.05) is 6.92 Å². The van der Waals surface area contributed by atoms with Crippen molar-refractivity contribution in [1.29, 1.82) is 0 Å². The third kappa shape index (κ3) is 2.98. The number of alkyl carbamates (subject to hydrolysis) is 1. The van der Waals surface area contributed by atoms with Crippen LogP contribution in [0.2, 0.25) is 0 Å². The molecular formula is C19H24N2O2. The summed E-state index contributed by atoms with van der Waals surface area (Å²) in [6, 6.07) is 8.59. The van der Waals surface area contributed by atoms with Crippen molar-refractivity contribution in [2.45, 2.75) is 46.8 Å². The molecule has 1 aromatic heterocycles. The van der Waals surface area contributed by atoms with Gasteiger partial charge in [-0.15, -0.1) is 0 Å². The zero-order valence-corrected chi connectivity index (χ0v) is 14.1. The van der Waals surface area contributed by atoms with Gasteiger partial charge in [-0.2, -0.15) is 0 Å². The monoisotopic (exact) mass is 312 g/mol. The Morgan fingerprint density at radius 1 is 1.26 bits per heavy atom. The molecule has 1 N–H and O–H groups in total. The first-order chi connectivity index (χ1) is 11.1. The molecule has 1 amide bonds. The Hall–Kier alpha value is -2.23. The molecule has 122 valence electrons. The molecule has 0 atom stereocenters. The van der Waals surface area contributed by atoms with Gasteiger partial charge in [0.05, 0.1) is 0 Å². The third-order valence-electron chi connectivity index (χ3n) is 4.72. The summed E-state index contributed by atoms with van der Waals surface area (Å²) in [7, 11) is 0. The van der Waals surface area contributed by atoms with Crippen molar-refractivity contribution in [3.63, 3.8) is 0 Å². The normalized spacial score (nSPS) is 12.5. The number of fused-ring (bicyclic) bond motifs is 2. The summed E-state index contributed by atoms with van der Waals surface area (Å²) in [6.45, 7) is 8.17. The average molecular weight is 312 g/mol. The predicted molar refractivity (Wildman–Crippen MR) is 90.7 cm³/mol. The molecule has 2 aromatic rings. The standard InChI is InChI=1S/C19H24N2O2/c1-4-9-20-19(22)23-12-17-13(2)18-10-15-7-5-6-8-16(15)11-21(18)14(17)3/h5-8H,4,9-12H2,1-3H3,(H,20,22). The van der Waals surface area contributed by atoms with E-state index in [-0.39, 0.29) is 6.09 Å². The van der Waals surface area contributed by atoms with E-state index in [0.717, 1.165) is 24.9 Å². The zero-order chi connectivity index (χ0) is 16.4. The number of nitrogens with one attached hydrogen (secondary N) is 1. The van der Waals surface area contributed by atoms with Crippen molar-refractivity contribution in [1.82, 2.24) is 9.88 Å². The Labute approximate surface area is 137 Å². The summed E-state index contributed by atoms with van der Waals surface area (Å²) in [5.74, 6) is 0. The van der Waals surface area contributed by atoms with Crippen LogP contribution in [0.1, 0.15) is 47.0 Å². The number of benzene rings is 1. The number of rotatable bonds is 4. The first kappa shape index (κ1) is 15.7. The van der Waals surface area contributed by atoms with E-state index in [2.05, 4.69) is 48.0 Å². The first-order valence-corrected chi connectivity index (χ1v) is 8.26. The topological polar surface area (TPSA) is 43.3 Å². The second kappa shape index (κ2) is 6.49. The van der Waals surface area contributed by atoms with Gasteiger partial charge < -0.3 is 14.6 Å². The summed E-state index contributed by atoms with van der Waals surface area (Å²) < 4.78 is 7.74. The van der Waals surface area contributed by atoms with Gasteiger partial charge in [-0.05, 0) is 37.0 Å². The first-order valence-electron chi connectivity index (χ1n) is 8.26. The maximum atomic E-state index is 11.7. The molecule has 0 saturated carbocycles. The Kier molecular flexibility index (Phi) is 4.42. The number of ether oxygens (including phenoxy) is 1. The minimum atomic E-state index is -0.335. The van der Waals surface area contributed by atoms with Gasteiger partial charge in [0.25, 0.3) is 0 Å². The lowest BCUT2D eigenvalue weighted by Crippen LogP contribution is -2.24. The molecule has 4 heteroatoms. The van der Waals surface area contributed by atoms with Crippen LogP contribution >= 0.6 is 0 Å². The van der Waals surface area contributed by atoms with E-state index < -0.39 is 0 Å². The Morgan fingerprint density at radius 2 is 2.00 bits per heavy atom. The van der Waals surface area contributed by atoms with Crippen LogP contribution in [0.25, 0.3) is 0 Å². The third-order valence-corrected chi connectivity index (χ3v) is 4.72. The smallest absolute Gasteiger partial charge is 0.407 e. The zero-order valence-electron chi connectivity index (χ0n) is 14.1. The van der Waals surface area contributed by atoms with Gasteiger partial charge in [0.1, 0.15) is 6.61 Å². The van der Waals surface area contributed by atoms with Crippen molar-refractivity contribution in [2.24, 2.45) is 0 Å². The molecule has 1 aromatic carbocycles. The van der Waals surface area contributed by atoms with Gasteiger partial charge in [0.15, 0.2) is 0 Å². The van der Waals surface area contributed by atoms with Crippen molar-refractivity contribution in [3.8, 4) is 0 Å². The molecule has 2 heterocycles. The minimum absolute atomic E-state index is 0.335. The van der Waals surface area contributed by atoms with Gasteiger partial charge in [-0.3, -0.25) is 0 Å². The fourth-order valence-corrected chi connectivity index (χ4v) is 3.32. The van der Waals surface area contributed by atoms with E-state index in [0.29, 0.717) is 13.2 Å². The number of aromatic nitrogens is 1. The summed E-state index contributed by atoms with van der Waals surface area (Å²) in [6.07, 6.45) is 1.52.